The standard InChI is InChI=1S/C34H28F3N5O4/c1-19-23(18-46-41-19)27(30(38)44)32(15-21(32)16-34(35,36)37)29(43)24-17-33(24)31(45)42(26-13-7-8-14-39-26)25-12-6-5-11-22(25)28(40-33)20-9-3-2-4-10-20/h2-14,18,21,24,27H,15-17H2,1H3,(H2,38,44)/t21-,24?,27+,32-,33?/m0/s1. The van der Waals surface area contributed by atoms with Gasteiger partial charge in [0.15, 0.2) is 5.54 Å². The second-order valence-corrected chi connectivity index (χ2v) is 12.2. The number of aryl methyl sites for hydroxylation is 1. The molecule has 0 saturated heterocycles. The Bertz CT molecular complexity index is 1890. The number of primary amides is 1. The number of pyridine rings is 1. The molecule has 7 rings (SSSR count). The van der Waals surface area contributed by atoms with Crippen LogP contribution in [0.15, 0.2) is 94.8 Å². The molecule has 12 heteroatoms. The van der Waals surface area contributed by atoms with Gasteiger partial charge in [0, 0.05) is 34.7 Å². The van der Waals surface area contributed by atoms with Gasteiger partial charge in [-0.1, -0.05) is 59.8 Å². The molecule has 1 aliphatic heterocycles. The first-order valence-corrected chi connectivity index (χ1v) is 14.8. The smallest absolute Gasteiger partial charge is 0.369 e. The van der Waals surface area contributed by atoms with Crippen molar-refractivity contribution < 1.29 is 32.1 Å². The number of benzene rings is 2. The van der Waals surface area contributed by atoms with Crippen molar-refractivity contribution in [3.05, 3.63) is 108 Å². The number of anilines is 2. The van der Waals surface area contributed by atoms with Crippen LogP contribution in [0.2, 0.25) is 0 Å². The maximum Gasteiger partial charge on any atom is 0.389 e. The van der Waals surface area contributed by atoms with Gasteiger partial charge < -0.3 is 10.3 Å². The van der Waals surface area contributed by atoms with Crippen LogP contribution >= 0.6 is 0 Å². The lowest BCUT2D eigenvalue weighted by molar-refractivity contribution is -0.145. The highest BCUT2D eigenvalue weighted by atomic mass is 19.4. The van der Waals surface area contributed by atoms with E-state index in [1.54, 1.807) is 30.3 Å². The Hall–Kier alpha value is -5.13. The molecule has 2 fully saturated rings. The van der Waals surface area contributed by atoms with E-state index in [1.807, 2.05) is 42.5 Å². The van der Waals surface area contributed by atoms with Crippen molar-refractivity contribution in [2.24, 2.45) is 28.0 Å². The fourth-order valence-corrected chi connectivity index (χ4v) is 7.20. The summed E-state index contributed by atoms with van der Waals surface area (Å²) < 4.78 is 46.4. The number of carbonyl (C=O) groups is 3. The number of Topliss-reactive ketones (excluding diaryl/α,β-unsaturated/α-hetero) is 1. The van der Waals surface area contributed by atoms with E-state index in [0.717, 1.165) is 6.26 Å². The van der Waals surface area contributed by atoms with Crippen molar-refractivity contribution in [3.8, 4) is 0 Å². The molecule has 46 heavy (non-hydrogen) atoms. The van der Waals surface area contributed by atoms with Crippen LogP contribution in [-0.4, -0.2) is 45.2 Å². The van der Waals surface area contributed by atoms with Crippen LogP contribution < -0.4 is 10.6 Å². The van der Waals surface area contributed by atoms with Crippen molar-refractivity contribution in [3.63, 3.8) is 0 Å². The summed E-state index contributed by atoms with van der Waals surface area (Å²) in [6.45, 7) is 1.53. The van der Waals surface area contributed by atoms with Gasteiger partial charge in [0.05, 0.1) is 28.9 Å². The van der Waals surface area contributed by atoms with Crippen LogP contribution in [0.1, 0.15) is 47.6 Å². The van der Waals surface area contributed by atoms with Crippen LogP contribution in [0, 0.1) is 24.2 Å². The van der Waals surface area contributed by atoms with Crippen LogP contribution in [0.3, 0.4) is 0 Å². The Morgan fingerprint density at radius 3 is 2.41 bits per heavy atom. The van der Waals surface area contributed by atoms with Crippen molar-refractivity contribution in [1.82, 2.24) is 10.1 Å². The number of rotatable bonds is 8. The predicted molar refractivity (Wildman–Crippen MR) is 160 cm³/mol. The third-order valence-corrected chi connectivity index (χ3v) is 9.45. The highest BCUT2D eigenvalue weighted by Crippen LogP contribution is 2.69. The molecule has 2 saturated carbocycles. The van der Waals surface area contributed by atoms with Crippen molar-refractivity contribution >= 4 is 34.8 Å². The number of nitrogens with zero attached hydrogens (tertiary/aromatic N) is 4. The highest BCUT2D eigenvalue weighted by molar-refractivity contribution is 6.24. The Labute approximate surface area is 261 Å². The lowest BCUT2D eigenvalue weighted by Crippen LogP contribution is -2.42. The summed E-state index contributed by atoms with van der Waals surface area (Å²) >= 11 is 0. The lowest BCUT2D eigenvalue weighted by atomic mass is 9.75. The molecule has 1 spiro atoms. The van der Waals surface area contributed by atoms with Crippen molar-refractivity contribution in [2.75, 3.05) is 4.90 Å². The van der Waals surface area contributed by atoms with Gasteiger partial charge in [-0.3, -0.25) is 24.3 Å². The van der Waals surface area contributed by atoms with Crippen LogP contribution in [0.4, 0.5) is 24.7 Å². The molecule has 2 amide bonds. The van der Waals surface area contributed by atoms with Crippen LogP contribution in [0.25, 0.3) is 0 Å². The number of nitrogens with two attached hydrogens (primary N) is 1. The van der Waals surface area contributed by atoms with Gasteiger partial charge in [-0.15, -0.1) is 0 Å². The monoisotopic (exact) mass is 627 g/mol. The van der Waals surface area contributed by atoms with Gasteiger partial charge in [-0.05, 0) is 43.9 Å². The van der Waals surface area contributed by atoms with Gasteiger partial charge in [-0.25, -0.2) is 4.98 Å². The number of alkyl halides is 3. The number of fused-ring (bicyclic) bond motifs is 1. The minimum Gasteiger partial charge on any atom is -0.369 e. The molecular weight excluding hydrogens is 599 g/mol. The van der Waals surface area contributed by atoms with Gasteiger partial charge in [-0.2, -0.15) is 13.2 Å². The third kappa shape index (κ3) is 4.62. The third-order valence-electron chi connectivity index (χ3n) is 9.45. The highest BCUT2D eigenvalue weighted by Gasteiger charge is 2.76. The van der Waals surface area contributed by atoms with Gasteiger partial charge in [0.1, 0.15) is 17.9 Å². The van der Waals surface area contributed by atoms with E-state index in [1.165, 1.54) is 18.0 Å². The zero-order chi connectivity index (χ0) is 32.4. The number of hydrogen-bond acceptors (Lipinski definition) is 7. The van der Waals surface area contributed by atoms with E-state index in [4.69, 9.17) is 15.2 Å². The van der Waals surface area contributed by atoms with E-state index in [2.05, 4.69) is 10.1 Å². The van der Waals surface area contributed by atoms with E-state index in [-0.39, 0.29) is 24.1 Å². The van der Waals surface area contributed by atoms with Gasteiger partial charge in [0.25, 0.3) is 5.91 Å². The first-order chi connectivity index (χ1) is 22.0. The number of halogens is 3. The largest absolute Gasteiger partial charge is 0.389 e. The van der Waals surface area contributed by atoms with Crippen molar-refractivity contribution in [2.45, 2.75) is 43.8 Å². The number of hydrogen-bond donors (Lipinski definition) is 1. The summed E-state index contributed by atoms with van der Waals surface area (Å²) in [6, 6.07) is 21.4. The average molecular weight is 628 g/mol. The molecule has 5 atom stereocenters. The van der Waals surface area contributed by atoms with Gasteiger partial charge in [0.2, 0.25) is 5.91 Å². The second-order valence-electron chi connectivity index (χ2n) is 12.2. The Morgan fingerprint density at radius 1 is 1.04 bits per heavy atom. The molecule has 0 radical (unpaired) electrons. The normalized spacial score (nSPS) is 25.8. The first kappa shape index (κ1) is 29.6. The average Bonchev–Trinajstić information content (AvgIpc) is 3.90. The molecule has 2 aliphatic carbocycles. The minimum atomic E-state index is -4.60. The number of ketones is 1. The summed E-state index contributed by atoms with van der Waals surface area (Å²) in [5.74, 6) is -5.65. The fourth-order valence-electron chi connectivity index (χ4n) is 7.20. The minimum absolute atomic E-state index is 0.0626. The molecule has 2 unspecified atom stereocenters. The lowest BCUT2D eigenvalue weighted by Gasteiger charge is -2.27. The molecule has 234 valence electrons. The van der Waals surface area contributed by atoms with E-state index in [0.29, 0.717) is 28.3 Å². The zero-order valence-corrected chi connectivity index (χ0v) is 24.6. The molecule has 2 aromatic carbocycles. The quantitative estimate of drug-likeness (QED) is 0.276. The first-order valence-electron chi connectivity index (χ1n) is 14.8. The number of carbonyl (C=O) groups excluding carboxylic acids is 3. The number of aromatic nitrogens is 2. The second kappa shape index (κ2) is 10.5. The number of amides is 2. The SMILES string of the molecule is Cc1nocc1[C@H](C(N)=O)[C@]1(C(=O)C2CC23N=C(c2ccccc2)c2ccccc2N(c2ccccn2)C3=O)C[C@H]1CC(F)(F)F. The summed E-state index contributed by atoms with van der Waals surface area (Å²) in [7, 11) is 0. The fraction of sp³-hybridized carbons (Fsp3) is 0.294. The van der Waals surface area contributed by atoms with E-state index < -0.39 is 58.9 Å². The molecule has 3 heterocycles. The molecule has 0 bridgehead atoms. The predicted octanol–water partition coefficient (Wildman–Crippen LogP) is 5.45. The molecule has 4 aromatic rings. The molecule has 9 nitrogen and oxygen atoms in total. The topological polar surface area (TPSA) is 132 Å². The summed E-state index contributed by atoms with van der Waals surface area (Å²) in [5, 5.41) is 3.79. The maximum absolute atomic E-state index is 14.8. The van der Waals surface area contributed by atoms with Crippen molar-refractivity contribution in [1.29, 1.82) is 0 Å². The molecular formula is C34H28F3N5O4. The molecule has 3 aliphatic rings. The number of aliphatic imine (C=N–C) groups is 1. The van der Waals surface area contributed by atoms with Gasteiger partial charge >= 0.3 is 6.18 Å². The summed E-state index contributed by atoms with van der Waals surface area (Å²) in [4.78, 5) is 53.4. The summed E-state index contributed by atoms with van der Waals surface area (Å²) in [6.07, 6.45) is -3.50. The Balaban J connectivity index is 1.39. The maximum atomic E-state index is 14.8. The van der Waals surface area contributed by atoms with Crippen LogP contribution in [-0.2, 0) is 14.4 Å². The molecule has 2 N–H and O–H groups in total. The Morgan fingerprint density at radius 2 is 1.76 bits per heavy atom. The summed E-state index contributed by atoms with van der Waals surface area (Å²) in [5.41, 5.74) is 5.01. The molecule has 2 aromatic heterocycles. The zero-order valence-electron chi connectivity index (χ0n) is 24.6. The van der Waals surface area contributed by atoms with Crippen LogP contribution in [0.5, 0.6) is 0 Å². The number of para-hydroxylation sites is 1. The van der Waals surface area contributed by atoms with E-state index in [9.17, 15) is 27.6 Å². The van der Waals surface area contributed by atoms with E-state index >= 15 is 0 Å². The Kier molecular flexibility index (Phi) is 6.73.